The SMILES string of the molecule is C[C@@H](c1c[nH]c2ccccc12)[C@@H](NC(=O)C1CCCN(C(=O)Nc2ccccc2)C1)C(=O)NC(CCCCN)C(=O)OC(C)(C)C. The van der Waals surface area contributed by atoms with Crippen LogP contribution in [0.5, 0.6) is 0 Å². The molecular weight excluding hydrogens is 584 g/mol. The van der Waals surface area contributed by atoms with Gasteiger partial charge in [-0.1, -0.05) is 43.3 Å². The number of esters is 1. The molecule has 4 rings (SSSR count). The second-order valence-electron chi connectivity index (χ2n) is 13.0. The summed E-state index contributed by atoms with van der Waals surface area (Å²) in [5, 5.41) is 9.74. The van der Waals surface area contributed by atoms with Gasteiger partial charge in [-0.15, -0.1) is 0 Å². The summed E-state index contributed by atoms with van der Waals surface area (Å²) in [5.74, 6) is -2.29. The van der Waals surface area contributed by atoms with Crippen LogP contribution in [0.3, 0.4) is 0 Å². The number of amides is 4. The minimum atomic E-state index is -1.00. The van der Waals surface area contributed by atoms with E-state index in [9.17, 15) is 19.2 Å². The van der Waals surface area contributed by atoms with Crippen molar-refractivity contribution in [3.8, 4) is 0 Å². The van der Waals surface area contributed by atoms with E-state index in [2.05, 4.69) is 20.9 Å². The van der Waals surface area contributed by atoms with Gasteiger partial charge in [0, 0.05) is 41.8 Å². The first kappa shape index (κ1) is 34.5. The van der Waals surface area contributed by atoms with Crippen LogP contribution in [0, 0.1) is 5.92 Å². The van der Waals surface area contributed by atoms with E-state index in [1.54, 1.807) is 25.7 Å². The average Bonchev–Trinajstić information content (AvgIpc) is 3.47. The lowest BCUT2D eigenvalue weighted by atomic mass is 9.90. The fourth-order valence-corrected chi connectivity index (χ4v) is 5.81. The number of benzene rings is 2. The largest absolute Gasteiger partial charge is 0.458 e. The molecule has 46 heavy (non-hydrogen) atoms. The van der Waals surface area contributed by atoms with Crippen LogP contribution in [-0.2, 0) is 19.1 Å². The van der Waals surface area contributed by atoms with Gasteiger partial charge in [-0.2, -0.15) is 0 Å². The Morgan fingerprint density at radius 1 is 1.02 bits per heavy atom. The fourth-order valence-electron chi connectivity index (χ4n) is 5.81. The van der Waals surface area contributed by atoms with Crippen LogP contribution in [-0.4, -0.2) is 71.0 Å². The highest BCUT2D eigenvalue weighted by molar-refractivity contribution is 5.94. The number of nitrogens with two attached hydrogens (primary N) is 1. The quantitative estimate of drug-likeness (QED) is 0.144. The van der Waals surface area contributed by atoms with Crippen molar-refractivity contribution >= 4 is 40.4 Å². The summed E-state index contributed by atoms with van der Waals surface area (Å²) < 4.78 is 5.63. The van der Waals surface area contributed by atoms with Crippen molar-refractivity contribution in [2.24, 2.45) is 11.7 Å². The van der Waals surface area contributed by atoms with E-state index in [1.165, 1.54) is 0 Å². The molecule has 4 atom stereocenters. The number of hydrogen-bond acceptors (Lipinski definition) is 6. The molecule has 1 fully saturated rings. The number of H-pyrrole nitrogens is 1. The first-order valence-corrected chi connectivity index (χ1v) is 16.2. The maximum absolute atomic E-state index is 14.1. The summed E-state index contributed by atoms with van der Waals surface area (Å²) in [4.78, 5) is 59.0. The molecule has 1 aliphatic heterocycles. The van der Waals surface area contributed by atoms with Crippen molar-refractivity contribution in [1.29, 1.82) is 0 Å². The van der Waals surface area contributed by atoms with Crippen LogP contribution in [0.1, 0.15) is 71.3 Å². The molecule has 2 heterocycles. The van der Waals surface area contributed by atoms with Crippen LogP contribution in [0.15, 0.2) is 60.8 Å². The number of rotatable bonds is 12. The highest BCUT2D eigenvalue weighted by Gasteiger charge is 2.36. The van der Waals surface area contributed by atoms with Crippen LogP contribution in [0.2, 0.25) is 0 Å². The summed E-state index contributed by atoms with van der Waals surface area (Å²) >= 11 is 0. The lowest BCUT2D eigenvalue weighted by Crippen LogP contribution is -2.56. The van der Waals surface area contributed by atoms with E-state index in [4.69, 9.17) is 10.5 Å². The van der Waals surface area contributed by atoms with Gasteiger partial charge < -0.3 is 36.3 Å². The highest BCUT2D eigenvalue weighted by atomic mass is 16.6. The molecule has 4 amide bonds. The number of para-hydroxylation sites is 2. The molecule has 1 aromatic heterocycles. The molecule has 1 aliphatic rings. The van der Waals surface area contributed by atoms with Gasteiger partial charge in [-0.25, -0.2) is 9.59 Å². The van der Waals surface area contributed by atoms with E-state index in [1.807, 2.05) is 67.7 Å². The molecule has 2 aromatic carbocycles. The zero-order chi connectivity index (χ0) is 33.3. The normalized spacial score (nSPS) is 17.1. The molecular formula is C35H48N6O5. The second-order valence-corrected chi connectivity index (χ2v) is 13.0. The van der Waals surface area contributed by atoms with Crippen molar-refractivity contribution in [3.05, 3.63) is 66.4 Å². The number of urea groups is 1. The van der Waals surface area contributed by atoms with Crippen molar-refractivity contribution in [2.45, 2.75) is 83.4 Å². The number of piperidine rings is 1. The summed E-state index contributed by atoms with van der Waals surface area (Å²) in [6.07, 6.45) is 4.75. The molecule has 11 heteroatoms. The van der Waals surface area contributed by atoms with E-state index in [-0.39, 0.29) is 18.5 Å². The van der Waals surface area contributed by atoms with E-state index in [0.717, 1.165) is 16.5 Å². The van der Waals surface area contributed by atoms with Crippen LogP contribution in [0.4, 0.5) is 10.5 Å². The highest BCUT2D eigenvalue weighted by Crippen LogP contribution is 2.29. The second kappa shape index (κ2) is 15.8. The Kier molecular flexibility index (Phi) is 11.8. The average molecular weight is 633 g/mol. The van der Waals surface area contributed by atoms with Crippen LogP contribution in [0.25, 0.3) is 10.9 Å². The number of unbranched alkanes of at least 4 members (excludes halogenated alkanes) is 1. The van der Waals surface area contributed by atoms with Gasteiger partial charge in [0.05, 0.1) is 5.92 Å². The Balaban J connectivity index is 1.55. The Labute approximate surface area is 271 Å². The Morgan fingerprint density at radius 2 is 1.74 bits per heavy atom. The maximum atomic E-state index is 14.1. The first-order chi connectivity index (χ1) is 22.0. The molecule has 1 saturated heterocycles. The van der Waals surface area contributed by atoms with Crippen molar-refractivity contribution in [3.63, 3.8) is 0 Å². The monoisotopic (exact) mass is 632 g/mol. The molecule has 0 saturated carbocycles. The predicted molar refractivity (Wildman–Crippen MR) is 179 cm³/mol. The van der Waals surface area contributed by atoms with Crippen molar-refractivity contribution in [2.75, 3.05) is 25.0 Å². The van der Waals surface area contributed by atoms with Crippen molar-refractivity contribution in [1.82, 2.24) is 20.5 Å². The van der Waals surface area contributed by atoms with E-state index >= 15 is 0 Å². The summed E-state index contributed by atoms with van der Waals surface area (Å²) in [6, 6.07) is 14.8. The maximum Gasteiger partial charge on any atom is 0.329 e. The van der Waals surface area contributed by atoms with Crippen LogP contribution < -0.4 is 21.7 Å². The molecule has 2 unspecified atom stereocenters. The topological polar surface area (TPSA) is 159 Å². The number of aromatic amines is 1. The minimum absolute atomic E-state index is 0.222. The number of aromatic nitrogens is 1. The Bertz CT molecular complexity index is 1480. The Hall–Kier alpha value is -4.38. The molecule has 3 aromatic rings. The smallest absolute Gasteiger partial charge is 0.329 e. The van der Waals surface area contributed by atoms with E-state index in [0.29, 0.717) is 50.9 Å². The van der Waals surface area contributed by atoms with Crippen molar-refractivity contribution < 1.29 is 23.9 Å². The molecule has 11 nitrogen and oxygen atoms in total. The lowest BCUT2D eigenvalue weighted by molar-refractivity contribution is -0.159. The number of anilines is 1. The van der Waals surface area contributed by atoms with Gasteiger partial charge in [-0.3, -0.25) is 9.59 Å². The molecule has 0 bridgehead atoms. The number of carbonyl (C=O) groups excluding carboxylic acids is 4. The van der Waals surface area contributed by atoms with Gasteiger partial charge >= 0.3 is 12.0 Å². The standard InChI is InChI=1S/C35H48N6O5/c1-23(27-21-37-28-17-9-8-16-26(27)28)30(32(43)39-29(18-10-11-19-36)33(44)46-35(2,3)4)40-31(42)24-13-12-20-41(22-24)34(45)38-25-14-6-5-7-15-25/h5-9,14-17,21,23-24,29-30,37H,10-13,18-20,22,36H2,1-4H3,(H,38,45)(H,39,43)(H,40,42)/t23-,24?,29?,30+/m0/s1. The molecule has 0 spiro atoms. The molecule has 0 aliphatic carbocycles. The van der Waals surface area contributed by atoms with Gasteiger partial charge in [-0.05, 0) is 83.2 Å². The fraction of sp³-hybridized carbons (Fsp3) is 0.486. The third kappa shape index (κ3) is 9.32. The number of fused-ring (bicyclic) bond motifs is 1. The number of ether oxygens (including phenoxy) is 1. The summed E-state index contributed by atoms with van der Waals surface area (Å²) in [6.45, 7) is 8.43. The molecule has 248 valence electrons. The zero-order valence-corrected chi connectivity index (χ0v) is 27.3. The number of nitrogens with one attached hydrogen (secondary N) is 4. The number of likely N-dealkylation sites (tertiary alicyclic amines) is 1. The predicted octanol–water partition coefficient (Wildman–Crippen LogP) is 4.66. The number of nitrogens with zero attached hydrogens (tertiary/aromatic N) is 1. The third-order valence-electron chi connectivity index (χ3n) is 8.25. The van der Waals surface area contributed by atoms with Gasteiger partial charge in [0.15, 0.2) is 0 Å². The van der Waals surface area contributed by atoms with E-state index < -0.39 is 41.4 Å². The number of hydrogen-bond donors (Lipinski definition) is 5. The summed E-state index contributed by atoms with van der Waals surface area (Å²) in [7, 11) is 0. The molecule has 0 radical (unpaired) electrons. The lowest BCUT2D eigenvalue weighted by Gasteiger charge is -2.34. The van der Waals surface area contributed by atoms with Gasteiger partial charge in [0.2, 0.25) is 11.8 Å². The first-order valence-electron chi connectivity index (χ1n) is 16.2. The van der Waals surface area contributed by atoms with Crippen LogP contribution >= 0.6 is 0 Å². The minimum Gasteiger partial charge on any atom is -0.458 e. The summed E-state index contributed by atoms with van der Waals surface area (Å²) in [5.41, 5.74) is 7.40. The molecule has 6 N–H and O–H groups in total. The third-order valence-corrected chi connectivity index (χ3v) is 8.25. The zero-order valence-electron chi connectivity index (χ0n) is 27.3. The van der Waals surface area contributed by atoms with Gasteiger partial charge in [0.25, 0.3) is 0 Å². The Morgan fingerprint density at radius 3 is 2.46 bits per heavy atom. The number of carbonyl (C=O) groups is 4. The van der Waals surface area contributed by atoms with Gasteiger partial charge in [0.1, 0.15) is 17.7 Å².